The first-order chi connectivity index (χ1) is 11.6. The predicted octanol–water partition coefficient (Wildman–Crippen LogP) is 2.55. The molecule has 0 saturated carbocycles. The summed E-state index contributed by atoms with van der Waals surface area (Å²) >= 11 is 0. The molecule has 4 rings (SSSR count). The lowest BCUT2D eigenvalue weighted by Gasteiger charge is -2.06. The van der Waals surface area contributed by atoms with Gasteiger partial charge in [0.1, 0.15) is 10.4 Å². The van der Waals surface area contributed by atoms with E-state index in [-0.39, 0.29) is 4.90 Å². The van der Waals surface area contributed by atoms with Crippen LogP contribution in [0.2, 0.25) is 0 Å². The van der Waals surface area contributed by atoms with Gasteiger partial charge in [0, 0.05) is 0 Å². The van der Waals surface area contributed by atoms with Crippen molar-refractivity contribution in [3.63, 3.8) is 0 Å². The lowest BCUT2D eigenvalue weighted by Crippen LogP contribution is -2.12. The Bertz CT molecular complexity index is 1100. The average molecular weight is 339 g/mol. The molecule has 2 heterocycles. The molecule has 0 aliphatic carbocycles. The Morgan fingerprint density at radius 1 is 1.04 bits per heavy atom. The highest BCUT2D eigenvalue weighted by molar-refractivity contribution is 7.92. The molecular formula is C16H13N5O2S. The molecule has 0 atom stereocenters. The molecule has 0 aliphatic heterocycles. The summed E-state index contributed by atoms with van der Waals surface area (Å²) in [6, 6.07) is 14.6. The van der Waals surface area contributed by atoms with E-state index in [2.05, 4.69) is 19.8 Å². The number of anilines is 1. The minimum atomic E-state index is -3.76. The number of hydrogen-bond acceptors (Lipinski definition) is 4. The van der Waals surface area contributed by atoms with Gasteiger partial charge < -0.3 is 4.98 Å². The number of aromatic nitrogens is 4. The fourth-order valence-corrected chi connectivity index (χ4v) is 3.42. The Morgan fingerprint density at radius 3 is 2.71 bits per heavy atom. The molecule has 2 N–H and O–H groups in total. The molecular weight excluding hydrogens is 326 g/mol. The van der Waals surface area contributed by atoms with E-state index in [9.17, 15) is 8.42 Å². The van der Waals surface area contributed by atoms with E-state index in [4.69, 9.17) is 0 Å². The molecule has 120 valence electrons. The number of rotatable bonds is 4. The second kappa shape index (κ2) is 5.50. The molecule has 2 aromatic carbocycles. The van der Waals surface area contributed by atoms with Crippen LogP contribution in [0.25, 0.3) is 16.7 Å². The number of benzene rings is 2. The Labute approximate surface area is 138 Å². The molecule has 0 aliphatic rings. The van der Waals surface area contributed by atoms with Crippen molar-refractivity contribution in [3.8, 4) is 5.69 Å². The van der Waals surface area contributed by atoms with Crippen molar-refractivity contribution in [2.75, 3.05) is 4.72 Å². The monoisotopic (exact) mass is 339 g/mol. The summed E-state index contributed by atoms with van der Waals surface area (Å²) in [5, 5.41) is 4.12. The second-order valence-corrected chi connectivity index (χ2v) is 6.85. The highest BCUT2D eigenvalue weighted by atomic mass is 32.2. The number of aromatic amines is 1. The average Bonchev–Trinajstić information content (AvgIpc) is 3.26. The summed E-state index contributed by atoms with van der Waals surface area (Å²) in [7, 11) is -3.76. The lowest BCUT2D eigenvalue weighted by molar-refractivity contribution is 0.601. The van der Waals surface area contributed by atoms with Gasteiger partial charge >= 0.3 is 0 Å². The number of sulfonamides is 1. The number of nitrogens with zero attached hydrogens (tertiary/aromatic N) is 3. The van der Waals surface area contributed by atoms with Crippen LogP contribution < -0.4 is 4.72 Å². The summed E-state index contributed by atoms with van der Waals surface area (Å²) < 4.78 is 29.3. The van der Waals surface area contributed by atoms with Crippen LogP contribution in [0.15, 0.2) is 72.1 Å². The first kappa shape index (κ1) is 14.5. The Morgan fingerprint density at radius 2 is 1.88 bits per heavy atom. The maximum Gasteiger partial charge on any atom is 0.265 e. The normalized spacial score (nSPS) is 11.7. The fourth-order valence-electron chi connectivity index (χ4n) is 2.42. The molecule has 0 saturated heterocycles. The Kier molecular flexibility index (Phi) is 3.31. The molecule has 24 heavy (non-hydrogen) atoms. The van der Waals surface area contributed by atoms with Crippen LogP contribution in [-0.2, 0) is 10.0 Å². The van der Waals surface area contributed by atoms with Gasteiger partial charge in [-0.1, -0.05) is 24.3 Å². The van der Waals surface area contributed by atoms with Gasteiger partial charge in [-0.05, 0) is 24.3 Å². The van der Waals surface area contributed by atoms with Crippen LogP contribution >= 0.6 is 0 Å². The van der Waals surface area contributed by atoms with Gasteiger partial charge in [-0.3, -0.25) is 4.72 Å². The first-order valence-electron chi connectivity index (χ1n) is 7.18. The number of fused-ring (bicyclic) bond motifs is 1. The van der Waals surface area contributed by atoms with Crippen LogP contribution in [0.3, 0.4) is 0 Å². The van der Waals surface area contributed by atoms with Crippen LogP contribution in [0, 0.1) is 0 Å². The number of nitrogens with one attached hydrogen (secondary N) is 2. The van der Waals surface area contributed by atoms with Gasteiger partial charge in [0.25, 0.3) is 10.0 Å². The summed E-state index contributed by atoms with van der Waals surface area (Å²) in [6.45, 7) is 0. The van der Waals surface area contributed by atoms with Crippen molar-refractivity contribution in [1.29, 1.82) is 0 Å². The number of hydrogen-bond donors (Lipinski definition) is 2. The lowest BCUT2D eigenvalue weighted by atomic mass is 10.3. The molecule has 0 spiro atoms. The molecule has 8 heteroatoms. The van der Waals surface area contributed by atoms with Crippen LogP contribution in [0.1, 0.15) is 0 Å². The molecule has 2 aromatic heterocycles. The first-order valence-corrected chi connectivity index (χ1v) is 8.67. The van der Waals surface area contributed by atoms with Crippen LogP contribution in [-0.4, -0.2) is 28.2 Å². The maximum absolute atomic E-state index is 12.6. The topological polar surface area (TPSA) is 92.7 Å². The minimum Gasteiger partial charge on any atom is -0.345 e. The van der Waals surface area contributed by atoms with E-state index in [1.165, 1.54) is 23.4 Å². The Balaban J connectivity index is 1.69. The van der Waals surface area contributed by atoms with E-state index < -0.39 is 10.0 Å². The quantitative estimate of drug-likeness (QED) is 0.597. The summed E-state index contributed by atoms with van der Waals surface area (Å²) in [6.07, 6.45) is 4.32. The zero-order chi connectivity index (χ0) is 16.6. The van der Waals surface area contributed by atoms with E-state index >= 15 is 0 Å². The smallest absolute Gasteiger partial charge is 0.265 e. The SMILES string of the molecule is O=S(=O)(Nc1cccc2[nH]cnc12)c1cnn(-c2ccccc2)c1. The highest BCUT2D eigenvalue weighted by Gasteiger charge is 2.18. The van der Waals surface area contributed by atoms with Crippen molar-refractivity contribution in [2.45, 2.75) is 4.90 Å². The fraction of sp³-hybridized carbons (Fsp3) is 0. The van der Waals surface area contributed by atoms with Gasteiger partial charge in [0.05, 0.1) is 35.6 Å². The second-order valence-electron chi connectivity index (χ2n) is 5.17. The molecule has 0 unspecified atom stereocenters. The van der Waals surface area contributed by atoms with Gasteiger partial charge in [0.2, 0.25) is 0 Å². The third-order valence-corrected chi connectivity index (χ3v) is 4.90. The van der Waals surface area contributed by atoms with Crippen molar-refractivity contribution in [2.24, 2.45) is 0 Å². The summed E-state index contributed by atoms with van der Waals surface area (Å²) in [5.41, 5.74) is 2.53. The van der Waals surface area contributed by atoms with E-state index in [1.54, 1.807) is 12.1 Å². The van der Waals surface area contributed by atoms with Gasteiger partial charge in [-0.25, -0.2) is 18.1 Å². The van der Waals surface area contributed by atoms with E-state index in [0.29, 0.717) is 11.2 Å². The highest BCUT2D eigenvalue weighted by Crippen LogP contribution is 2.23. The predicted molar refractivity (Wildman–Crippen MR) is 90.5 cm³/mol. The zero-order valence-electron chi connectivity index (χ0n) is 12.4. The third kappa shape index (κ3) is 2.52. The minimum absolute atomic E-state index is 0.0823. The van der Waals surface area contributed by atoms with Gasteiger partial charge in [-0.2, -0.15) is 5.10 Å². The van der Waals surface area contributed by atoms with Crippen LogP contribution in [0.5, 0.6) is 0 Å². The number of H-pyrrole nitrogens is 1. The standard InChI is InChI=1S/C16H13N5O2S/c22-24(23,20-15-8-4-7-14-16(15)18-11-17-14)13-9-19-21(10-13)12-5-2-1-3-6-12/h1-11,20H,(H,17,18). The molecule has 0 radical (unpaired) electrons. The van der Waals surface area contributed by atoms with Crippen LogP contribution in [0.4, 0.5) is 5.69 Å². The van der Waals surface area contributed by atoms with Crippen molar-refractivity contribution in [3.05, 3.63) is 67.3 Å². The molecule has 4 aromatic rings. The number of imidazole rings is 1. The van der Waals surface area contributed by atoms with Crippen molar-refractivity contribution < 1.29 is 8.42 Å². The maximum atomic E-state index is 12.6. The Hall–Kier alpha value is -3.13. The van der Waals surface area contributed by atoms with E-state index in [0.717, 1.165) is 11.2 Å². The summed E-state index contributed by atoms with van der Waals surface area (Å²) in [5.74, 6) is 0. The van der Waals surface area contributed by atoms with Gasteiger partial charge in [0.15, 0.2) is 0 Å². The number of para-hydroxylation sites is 2. The largest absolute Gasteiger partial charge is 0.345 e. The summed E-state index contributed by atoms with van der Waals surface area (Å²) in [4.78, 5) is 7.18. The van der Waals surface area contributed by atoms with E-state index in [1.807, 2.05) is 36.4 Å². The molecule has 0 fully saturated rings. The molecule has 7 nitrogen and oxygen atoms in total. The molecule has 0 amide bonds. The van der Waals surface area contributed by atoms with Crippen molar-refractivity contribution >= 4 is 26.7 Å². The zero-order valence-corrected chi connectivity index (χ0v) is 13.2. The third-order valence-electron chi connectivity index (χ3n) is 3.58. The van der Waals surface area contributed by atoms with Gasteiger partial charge in [-0.15, -0.1) is 0 Å². The molecule has 0 bridgehead atoms. The van der Waals surface area contributed by atoms with Crippen molar-refractivity contribution in [1.82, 2.24) is 19.7 Å².